The maximum atomic E-state index is 7.04. The Morgan fingerprint density at radius 3 is 2.12 bits per heavy atom. The van der Waals surface area contributed by atoms with Gasteiger partial charge in [-0.05, 0) is 74.4 Å². The molecule has 4 heterocycles. The minimum absolute atomic E-state index is 0.495. The summed E-state index contributed by atoms with van der Waals surface area (Å²) in [4.78, 5) is 0. The minimum Gasteiger partial charge on any atom is -0.373 e. The van der Waals surface area contributed by atoms with Crippen LogP contribution in [0.4, 0.5) is 0 Å². The molecule has 0 radical (unpaired) electrons. The van der Waals surface area contributed by atoms with Gasteiger partial charge in [-0.25, -0.2) is 0 Å². The lowest BCUT2D eigenvalue weighted by atomic mass is 9.15. The molecule has 4 heteroatoms. The molecule has 4 saturated heterocycles. The summed E-state index contributed by atoms with van der Waals surface area (Å²) in [6, 6.07) is 0. The van der Waals surface area contributed by atoms with E-state index in [0.29, 0.717) is 17.6 Å². The van der Waals surface area contributed by atoms with Crippen molar-refractivity contribution in [1.29, 1.82) is 0 Å². The molecule has 184 valence electrons. The highest BCUT2D eigenvalue weighted by molar-refractivity contribution is 6.64. The predicted molar refractivity (Wildman–Crippen MR) is 137 cm³/mol. The van der Waals surface area contributed by atoms with Gasteiger partial charge in [0.1, 0.15) is 6.71 Å². The second-order valence-corrected chi connectivity index (χ2v) is 13.5. The van der Waals surface area contributed by atoms with E-state index >= 15 is 0 Å². The Bertz CT molecular complexity index is 647. The first-order chi connectivity index (χ1) is 16.4. The van der Waals surface area contributed by atoms with E-state index in [1.807, 2.05) is 0 Å². The Labute approximate surface area is 203 Å². The molecule has 9 atom stereocenters. The van der Waals surface area contributed by atoms with Gasteiger partial charge in [0.2, 0.25) is 0 Å². The van der Waals surface area contributed by atoms with Crippen LogP contribution >= 0.6 is 0 Å². The molecule has 1 spiro atoms. The Hall–Kier alpha value is -0.0551. The maximum absolute atomic E-state index is 7.04. The van der Waals surface area contributed by atoms with E-state index in [2.05, 4.69) is 10.6 Å². The molecule has 7 aliphatic rings. The number of nitrogens with one attached hydrogen (secondary N) is 2. The molecular formula is C29H49BN2O. The summed E-state index contributed by atoms with van der Waals surface area (Å²) < 4.78 is 7.04. The topological polar surface area (TPSA) is 33.3 Å². The van der Waals surface area contributed by atoms with Gasteiger partial charge >= 0.3 is 0 Å². The van der Waals surface area contributed by atoms with Crippen LogP contribution in [0.5, 0.6) is 0 Å². The first kappa shape index (κ1) is 22.2. The maximum Gasteiger partial charge on any atom is 0.150 e. The van der Waals surface area contributed by atoms with Crippen molar-refractivity contribution in [2.24, 2.45) is 29.1 Å². The average Bonchev–Trinajstić information content (AvgIpc) is 2.89. The third-order valence-electron chi connectivity index (χ3n) is 12.6. The highest BCUT2D eigenvalue weighted by atomic mass is 16.5. The Morgan fingerprint density at radius 1 is 0.545 bits per heavy atom. The Balaban J connectivity index is 1.36. The highest BCUT2D eigenvalue weighted by Crippen LogP contribution is 2.72. The van der Waals surface area contributed by atoms with Gasteiger partial charge in [0.05, 0.1) is 12.2 Å². The van der Waals surface area contributed by atoms with Gasteiger partial charge in [0.25, 0.3) is 0 Å². The number of fused-ring (bicyclic) bond motifs is 8. The molecule has 3 saturated carbocycles. The van der Waals surface area contributed by atoms with Crippen LogP contribution in [0, 0.1) is 29.1 Å². The summed E-state index contributed by atoms with van der Waals surface area (Å²) in [6.07, 6.45) is 23.5. The minimum atomic E-state index is 0.495. The summed E-state index contributed by atoms with van der Waals surface area (Å²) in [6.45, 7) is 6.04. The second-order valence-electron chi connectivity index (χ2n) is 13.5. The molecule has 3 nitrogen and oxygen atoms in total. The summed E-state index contributed by atoms with van der Waals surface area (Å²) in [5.74, 6) is 6.71. The summed E-state index contributed by atoms with van der Waals surface area (Å²) in [7, 11) is 0. The van der Waals surface area contributed by atoms with E-state index < -0.39 is 0 Å². The standard InChI is InChI=1S/C29H49BN2O/c1-2-8-20(9-3-1)30-25-12-6-4-10-21(25)29(24-18-31-17-15-26(24)30)22-11-5-7-13-27(22)33-28-19-32-16-14-23(28)29/h20-28,31-32H,1-19H2. The Morgan fingerprint density at radius 2 is 1.21 bits per heavy atom. The molecule has 33 heavy (non-hydrogen) atoms. The molecule has 0 aromatic heterocycles. The zero-order chi connectivity index (χ0) is 21.8. The summed E-state index contributed by atoms with van der Waals surface area (Å²) in [5.41, 5.74) is 0.574. The van der Waals surface area contributed by atoms with Gasteiger partial charge in [-0.1, -0.05) is 88.1 Å². The van der Waals surface area contributed by atoms with Crippen LogP contribution in [-0.2, 0) is 4.74 Å². The van der Waals surface area contributed by atoms with Gasteiger partial charge in [0.15, 0.2) is 0 Å². The fourth-order valence-electron chi connectivity index (χ4n) is 11.9. The third kappa shape index (κ3) is 3.39. The molecule has 7 rings (SSSR count). The molecule has 4 aliphatic heterocycles. The molecule has 7 fully saturated rings. The second kappa shape index (κ2) is 9.11. The number of hydrogen-bond acceptors (Lipinski definition) is 3. The van der Waals surface area contributed by atoms with Crippen molar-refractivity contribution < 1.29 is 4.74 Å². The van der Waals surface area contributed by atoms with Crippen molar-refractivity contribution in [2.75, 3.05) is 26.2 Å². The van der Waals surface area contributed by atoms with E-state index in [0.717, 1.165) is 54.4 Å². The van der Waals surface area contributed by atoms with E-state index in [4.69, 9.17) is 4.74 Å². The number of hydrogen-bond donors (Lipinski definition) is 2. The van der Waals surface area contributed by atoms with E-state index in [1.54, 1.807) is 25.7 Å². The van der Waals surface area contributed by atoms with E-state index in [-0.39, 0.29) is 0 Å². The molecule has 0 aromatic rings. The van der Waals surface area contributed by atoms with Crippen LogP contribution in [0.2, 0.25) is 17.5 Å². The number of ether oxygens (including phenoxy) is 1. The molecular weight excluding hydrogens is 403 g/mol. The largest absolute Gasteiger partial charge is 0.373 e. The zero-order valence-electron chi connectivity index (χ0n) is 21.1. The van der Waals surface area contributed by atoms with Crippen molar-refractivity contribution in [3.8, 4) is 0 Å². The predicted octanol–water partition coefficient (Wildman–Crippen LogP) is 5.92. The van der Waals surface area contributed by atoms with Gasteiger partial charge in [-0.15, -0.1) is 0 Å². The first-order valence-corrected chi connectivity index (χ1v) is 15.5. The molecule has 9 unspecified atom stereocenters. The normalized spacial score (nSPS) is 50.7. The van der Waals surface area contributed by atoms with Gasteiger partial charge < -0.3 is 15.4 Å². The number of piperidine rings is 2. The van der Waals surface area contributed by atoms with Crippen molar-refractivity contribution in [1.82, 2.24) is 10.6 Å². The van der Waals surface area contributed by atoms with Gasteiger partial charge in [-0.3, -0.25) is 0 Å². The molecule has 2 N–H and O–H groups in total. The van der Waals surface area contributed by atoms with Crippen molar-refractivity contribution >= 4 is 6.71 Å². The lowest BCUT2D eigenvalue weighted by Gasteiger charge is -2.71. The van der Waals surface area contributed by atoms with Crippen molar-refractivity contribution in [2.45, 2.75) is 126 Å². The first-order valence-electron chi connectivity index (χ1n) is 15.5. The average molecular weight is 453 g/mol. The molecule has 0 aromatic carbocycles. The monoisotopic (exact) mass is 452 g/mol. The summed E-state index contributed by atoms with van der Waals surface area (Å²) >= 11 is 0. The van der Waals surface area contributed by atoms with Crippen molar-refractivity contribution in [3.63, 3.8) is 0 Å². The SMILES string of the molecule is C1CCC(B2C3CCCCC3C3(C4CCCCC4OC4CNCCC43)C3CNCCC23)CC1. The Kier molecular flexibility index (Phi) is 6.12. The fourth-order valence-corrected chi connectivity index (χ4v) is 11.9. The fraction of sp³-hybridized carbons (Fsp3) is 1.00. The quantitative estimate of drug-likeness (QED) is 0.485. The van der Waals surface area contributed by atoms with Crippen LogP contribution in [0.15, 0.2) is 0 Å². The zero-order valence-corrected chi connectivity index (χ0v) is 21.1. The third-order valence-corrected chi connectivity index (χ3v) is 12.6. The highest BCUT2D eigenvalue weighted by Gasteiger charge is 2.69. The van der Waals surface area contributed by atoms with E-state index in [1.165, 1.54) is 90.3 Å². The van der Waals surface area contributed by atoms with Crippen molar-refractivity contribution in [3.05, 3.63) is 0 Å². The molecule has 0 bridgehead atoms. The number of rotatable bonds is 1. The van der Waals surface area contributed by atoms with Gasteiger partial charge in [-0.2, -0.15) is 0 Å². The lowest BCUT2D eigenvalue weighted by Crippen LogP contribution is -2.72. The molecule has 0 amide bonds. The van der Waals surface area contributed by atoms with Gasteiger partial charge in [0, 0.05) is 6.54 Å². The molecule has 3 aliphatic carbocycles. The lowest BCUT2D eigenvalue weighted by molar-refractivity contribution is -0.251. The smallest absolute Gasteiger partial charge is 0.150 e. The van der Waals surface area contributed by atoms with Crippen LogP contribution in [0.3, 0.4) is 0 Å². The van der Waals surface area contributed by atoms with E-state index in [9.17, 15) is 0 Å². The van der Waals surface area contributed by atoms with Crippen LogP contribution in [0.25, 0.3) is 0 Å². The van der Waals surface area contributed by atoms with Crippen LogP contribution < -0.4 is 10.6 Å². The summed E-state index contributed by atoms with van der Waals surface area (Å²) in [5, 5.41) is 7.77. The van der Waals surface area contributed by atoms with Crippen LogP contribution in [0.1, 0.15) is 96.3 Å². The van der Waals surface area contributed by atoms with Crippen LogP contribution in [-0.4, -0.2) is 45.1 Å².